The van der Waals surface area contributed by atoms with Crippen LogP contribution in [0.1, 0.15) is 12.7 Å². The minimum Gasteiger partial charge on any atom is -0.456 e. The van der Waals surface area contributed by atoms with Gasteiger partial charge in [-0.3, -0.25) is 4.79 Å². The van der Waals surface area contributed by atoms with Crippen molar-refractivity contribution in [2.75, 3.05) is 6.67 Å². The highest BCUT2D eigenvalue weighted by Gasteiger charge is 2.23. The van der Waals surface area contributed by atoms with Crippen molar-refractivity contribution >= 4 is 11.8 Å². The van der Waals surface area contributed by atoms with Gasteiger partial charge in [-0.2, -0.15) is 0 Å². The van der Waals surface area contributed by atoms with E-state index in [4.69, 9.17) is 0 Å². The van der Waals surface area contributed by atoms with Gasteiger partial charge in [0, 0.05) is 13.8 Å². The summed E-state index contributed by atoms with van der Waals surface area (Å²) in [5.41, 5.74) is 0. The van der Waals surface area contributed by atoms with Crippen molar-refractivity contribution < 1.29 is 18.8 Å². The molecule has 0 bridgehead atoms. The van der Waals surface area contributed by atoms with Crippen molar-refractivity contribution in [3.63, 3.8) is 0 Å². The van der Waals surface area contributed by atoms with Gasteiger partial charge in [0.15, 0.2) is 11.9 Å². The van der Waals surface area contributed by atoms with Crippen LogP contribution in [0.25, 0.3) is 0 Å². The molecular formula is C9H12FN3O4. The highest BCUT2D eigenvalue weighted by molar-refractivity contribution is 5.66. The van der Waals surface area contributed by atoms with Crippen LogP contribution in [0, 0.1) is 17.0 Å². The quantitative estimate of drug-likeness (QED) is 0.438. The number of aromatic nitrogens is 2. The number of imidazole rings is 1. The predicted octanol–water partition coefficient (Wildman–Crippen LogP) is 1.00. The molecule has 0 aliphatic heterocycles. The fourth-order valence-corrected chi connectivity index (χ4v) is 1.38. The van der Waals surface area contributed by atoms with E-state index in [0.29, 0.717) is 5.82 Å². The molecule has 1 unspecified atom stereocenters. The Bertz CT molecular complexity index is 432. The lowest BCUT2D eigenvalue weighted by molar-refractivity contribution is -0.392. The van der Waals surface area contributed by atoms with Gasteiger partial charge in [-0.15, -0.1) is 0 Å². The number of halogens is 1. The summed E-state index contributed by atoms with van der Waals surface area (Å²) in [6.45, 7) is 1.67. The van der Waals surface area contributed by atoms with Crippen molar-refractivity contribution in [1.29, 1.82) is 0 Å². The Balaban J connectivity index is 2.88. The molecule has 1 atom stereocenters. The molecule has 0 fully saturated rings. The number of carbonyl (C=O) groups is 1. The largest absolute Gasteiger partial charge is 0.456 e. The van der Waals surface area contributed by atoms with Crippen LogP contribution in [-0.2, 0) is 16.1 Å². The molecule has 1 rings (SSSR count). The third-order valence-electron chi connectivity index (χ3n) is 2.11. The first-order chi connectivity index (χ1) is 7.95. The van der Waals surface area contributed by atoms with Crippen LogP contribution < -0.4 is 0 Å². The van der Waals surface area contributed by atoms with E-state index in [0.717, 1.165) is 13.1 Å². The molecule has 0 aliphatic rings. The monoisotopic (exact) mass is 245 g/mol. The van der Waals surface area contributed by atoms with E-state index in [2.05, 4.69) is 9.72 Å². The second kappa shape index (κ2) is 5.37. The van der Waals surface area contributed by atoms with Crippen molar-refractivity contribution in [1.82, 2.24) is 9.55 Å². The average Bonchev–Trinajstić information content (AvgIpc) is 2.59. The van der Waals surface area contributed by atoms with Crippen LogP contribution in [0.4, 0.5) is 10.2 Å². The first-order valence-electron chi connectivity index (χ1n) is 4.85. The third kappa shape index (κ3) is 3.23. The van der Waals surface area contributed by atoms with Gasteiger partial charge in [0.25, 0.3) is 0 Å². The van der Waals surface area contributed by atoms with E-state index in [-0.39, 0.29) is 12.4 Å². The van der Waals surface area contributed by atoms with E-state index < -0.39 is 23.7 Å². The van der Waals surface area contributed by atoms with Crippen molar-refractivity contribution in [2.45, 2.75) is 26.5 Å². The van der Waals surface area contributed by atoms with Crippen LogP contribution in [-0.4, -0.2) is 33.2 Å². The maximum atomic E-state index is 12.6. The first kappa shape index (κ1) is 13.1. The van der Waals surface area contributed by atoms with E-state index in [1.807, 2.05) is 0 Å². The summed E-state index contributed by atoms with van der Waals surface area (Å²) < 4.78 is 18.5. The lowest BCUT2D eigenvalue weighted by Crippen LogP contribution is -2.25. The number of hydrogen-bond donors (Lipinski definition) is 0. The molecule has 1 aromatic rings. The first-order valence-corrected chi connectivity index (χ1v) is 4.85. The van der Waals surface area contributed by atoms with Crippen molar-refractivity contribution in [3.8, 4) is 0 Å². The summed E-state index contributed by atoms with van der Waals surface area (Å²) in [6, 6.07) is 0. The van der Waals surface area contributed by atoms with Crippen LogP contribution in [0.15, 0.2) is 6.20 Å². The van der Waals surface area contributed by atoms with Crippen molar-refractivity contribution in [3.05, 3.63) is 22.1 Å². The van der Waals surface area contributed by atoms with Crippen LogP contribution >= 0.6 is 0 Å². The number of nitro groups is 1. The smallest absolute Gasteiger partial charge is 0.342 e. The molecule has 0 radical (unpaired) electrons. The van der Waals surface area contributed by atoms with Gasteiger partial charge in [0.05, 0.1) is 0 Å². The molecule has 8 heteroatoms. The zero-order valence-electron chi connectivity index (χ0n) is 9.42. The summed E-state index contributed by atoms with van der Waals surface area (Å²) >= 11 is 0. The number of hydrogen-bond acceptors (Lipinski definition) is 5. The average molecular weight is 245 g/mol. The fraction of sp³-hybridized carbons (Fsp3) is 0.556. The summed E-state index contributed by atoms with van der Waals surface area (Å²) in [5, 5.41) is 10.7. The Hall–Kier alpha value is -1.99. The number of alkyl halides is 1. The van der Waals surface area contributed by atoms with Crippen LogP contribution in [0.3, 0.4) is 0 Å². The standard InChI is InChI=1S/C9H12FN3O4/c1-6-11-4-9(13(15)16)12(6)5-8(3-10)17-7(2)14/h4,8H,3,5H2,1-2H3. The number of ether oxygens (including phenoxy) is 1. The molecule has 1 aromatic heterocycles. The SMILES string of the molecule is CC(=O)OC(CF)Cn1c([N+](=O)[O-])cnc1C. The number of rotatable bonds is 5. The van der Waals surface area contributed by atoms with E-state index in [9.17, 15) is 19.3 Å². The summed E-state index contributed by atoms with van der Waals surface area (Å²) in [4.78, 5) is 24.5. The fourth-order valence-electron chi connectivity index (χ4n) is 1.38. The lowest BCUT2D eigenvalue weighted by atomic mass is 10.3. The second-order valence-corrected chi connectivity index (χ2v) is 3.42. The Labute approximate surface area is 96.4 Å². The highest BCUT2D eigenvalue weighted by atomic mass is 19.1. The van der Waals surface area contributed by atoms with E-state index in [1.54, 1.807) is 6.92 Å². The molecule has 1 heterocycles. The highest BCUT2D eigenvalue weighted by Crippen LogP contribution is 2.15. The van der Waals surface area contributed by atoms with Gasteiger partial charge in [0.1, 0.15) is 19.4 Å². The lowest BCUT2D eigenvalue weighted by Gasteiger charge is -2.12. The van der Waals surface area contributed by atoms with Gasteiger partial charge < -0.3 is 14.9 Å². The maximum Gasteiger partial charge on any atom is 0.342 e. The number of esters is 1. The van der Waals surface area contributed by atoms with Gasteiger partial charge >= 0.3 is 11.8 Å². The zero-order valence-corrected chi connectivity index (χ0v) is 9.42. The Morgan fingerprint density at radius 3 is 2.88 bits per heavy atom. The van der Waals surface area contributed by atoms with Crippen molar-refractivity contribution in [2.24, 2.45) is 0 Å². The number of carbonyl (C=O) groups excluding carboxylic acids is 1. The Morgan fingerprint density at radius 1 is 1.76 bits per heavy atom. The molecule has 0 saturated heterocycles. The minimum atomic E-state index is -1.04. The minimum absolute atomic E-state index is 0.127. The van der Waals surface area contributed by atoms with Gasteiger partial charge in [-0.25, -0.2) is 13.9 Å². The Morgan fingerprint density at radius 2 is 2.41 bits per heavy atom. The molecule has 17 heavy (non-hydrogen) atoms. The second-order valence-electron chi connectivity index (χ2n) is 3.42. The van der Waals surface area contributed by atoms with E-state index >= 15 is 0 Å². The molecule has 7 nitrogen and oxygen atoms in total. The van der Waals surface area contributed by atoms with Gasteiger partial charge in [-0.05, 0) is 4.92 Å². The third-order valence-corrected chi connectivity index (χ3v) is 2.11. The van der Waals surface area contributed by atoms with Crippen LogP contribution in [0.5, 0.6) is 0 Å². The Kier molecular flexibility index (Phi) is 4.13. The zero-order chi connectivity index (χ0) is 13.0. The normalized spacial score (nSPS) is 12.2. The maximum absolute atomic E-state index is 12.6. The van der Waals surface area contributed by atoms with Crippen LogP contribution in [0.2, 0.25) is 0 Å². The summed E-state index contributed by atoms with van der Waals surface area (Å²) in [6.07, 6.45) is 0.0392. The molecule has 0 amide bonds. The molecule has 0 saturated carbocycles. The molecule has 0 aromatic carbocycles. The molecular weight excluding hydrogens is 233 g/mol. The number of nitrogens with zero attached hydrogens (tertiary/aromatic N) is 3. The topological polar surface area (TPSA) is 87.3 Å². The number of aryl methyl sites for hydroxylation is 1. The predicted molar refractivity (Wildman–Crippen MR) is 55.1 cm³/mol. The molecule has 0 aliphatic carbocycles. The molecule has 94 valence electrons. The summed E-state index contributed by atoms with van der Waals surface area (Å²) in [7, 11) is 0. The van der Waals surface area contributed by atoms with Gasteiger partial charge in [-0.1, -0.05) is 0 Å². The van der Waals surface area contributed by atoms with E-state index in [1.165, 1.54) is 4.57 Å². The summed E-state index contributed by atoms with van der Waals surface area (Å²) in [5.74, 6) is -0.525. The molecule has 0 spiro atoms. The van der Waals surface area contributed by atoms with Gasteiger partial charge in [0.2, 0.25) is 0 Å². The molecule has 0 N–H and O–H groups in total.